The van der Waals surface area contributed by atoms with Crippen LogP contribution in [0.1, 0.15) is 25.3 Å². The zero-order chi connectivity index (χ0) is 19.8. The number of anilines is 1. The van der Waals surface area contributed by atoms with Crippen LogP contribution < -0.4 is 10.7 Å². The molecule has 1 unspecified atom stereocenters. The molecular weight excluding hydrogens is 382 g/mol. The van der Waals surface area contributed by atoms with E-state index in [4.69, 9.17) is 18.8 Å². The van der Waals surface area contributed by atoms with E-state index in [1.54, 1.807) is 6.92 Å². The fourth-order valence-electron chi connectivity index (χ4n) is 2.39. The van der Waals surface area contributed by atoms with Gasteiger partial charge in [-0.25, -0.2) is 4.85 Å². The van der Waals surface area contributed by atoms with E-state index in [-0.39, 0.29) is 17.1 Å². The second-order valence-corrected chi connectivity index (χ2v) is 5.98. The molecule has 0 aliphatic carbocycles. The Morgan fingerprint density at radius 1 is 1.31 bits per heavy atom. The first-order valence-corrected chi connectivity index (χ1v) is 7.65. The molecule has 0 amide bonds. The number of halogens is 6. The minimum Gasteiger partial charge on any atom is -0.348 e. The Labute approximate surface area is 150 Å². The maximum absolute atomic E-state index is 13.0. The highest BCUT2D eigenvalue weighted by molar-refractivity contribution is 7.80. The van der Waals surface area contributed by atoms with E-state index >= 15 is 0 Å². The summed E-state index contributed by atoms with van der Waals surface area (Å²) in [5.74, 6) is 0. The molecule has 2 N–H and O–H groups in total. The van der Waals surface area contributed by atoms with Gasteiger partial charge in [0.05, 0.1) is 12.1 Å². The van der Waals surface area contributed by atoms with Crippen LogP contribution in [0, 0.1) is 6.57 Å². The number of benzene rings is 1. The summed E-state index contributed by atoms with van der Waals surface area (Å²) in [7, 11) is 0. The summed E-state index contributed by atoms with van der Waals surface area (Å²) in [6.45, 7) is 8.38. The van der Waals surface area contributed by atoms with Crippen molar-refractivity contribution >= 4 is 34.3 Å². The van der Waals surface area contributed by atoms with Crippen molar-refractivity contribution in [2.75, 3.05) is 5.32 Å². The van der Waals surface area contributed by atoms with Crippen LogP contribution in [0.5, 0.6) is 0 Å². The van der Waals surface area contributed by atoms with Crippen LogP contribution in [0.2, 0.25) is 0 Å². The number of alkyl halides is 6. The number of rotatable bonds is 3. The SMILES string of the molecule is [C-]#[N+]c1ccc(NC(=S)C2(CC)CC(C(F)(F)F)=NN2)cc1C(F)(F)F. The van der Waals surface area contributed by atoms with Gasteiger partial charge in [-0.3, -0.25) is 5.43 Å². The lowest BCUT2D eigenvalue weighted by atomic mass is 9.91. The molecule has 1 aliphatic rings. The highest BCUT2D eigenvalue weighted by Gasteiger charge is 2.48. The van der Waals surface area contributed by atoms with Crippen molar-refractivity contribution in [1.29, 1.82) is 0 Å². The van der Waals surface area contributed by atoms with Crippen LogP contribution in [-0.4, -0.2) is 22.4 Å². The van der Waals surface area contributed by atoms with Crippen molar-refractivity contribution in [2.45, 2.75) is 37.7 Å². The van der Waals surface area contributed by atoms with Crippen molar-refractivity contribution < 1.29 is 26.3 Å². The van der Waals surface area contributed by atoms with Crippen LogP contribution in [-0.2, 0) is 6.18 Å². The van der Waals surface area contributed by atoms with E-state index in [1.165, 1.54) is 6.07 Å². The Morgan fingerprint density at radius 3 is 2.42 bits per heavy atom. The molecule has 0 radical (unpaired) electrons. The van der Waals surface area contributed by atoms with Crippen molar-refractivity contribution in [1.82, 2.24) is 5.43 Å². The minimum absolute atomic E-state index is 0.0789. The lowest BCUT2D eigenvalue weighted by Crippen LogP contribution is -2.49. The third-order valence-corrected chi connectivity index (χ3v) is 4.41. The summed E-state index contributed by atoms with van der Waals surface area (Å²) in [4.78, 5) is 2.70. The Morgan fingerprint density at radius 2 is 1.96 bits per heavy atom. The monoisotopic (exact) mass is 394 g/mol. The number of hydrazone groups is 1. The molecule has 0 saturated heterocycles. The van der Waals surface area contributed by atoms with E-state index in [0.717, 1.165) is 6.07 Å². The van der Waals surface area contributed by atoms with Gasteiger partial charge in [-0.15, -0.1) is 0 Å². The predicted molar refractivity (Wildman–Crippen MR) is 88.2 cm³/mol. The standard InChI is InChI=1S/C15H12F6N4S/c1-3-13(7-11(24-25-13)15(19,20)21)12(26)23-8-4-5-10(22-2)9(6-8)14(16,17)18/h4-6,25H,3,7H2,1H3,(H,23,26). The van der Waals surface area contributed by atoms with Gasteiger partial charge in [0.1, 0.15) is 16.2 Å². The molecule has 1 aliphatic heterocycles. The van der Waals surface area contributed by atoms with Crippen LogP contribution in [0.15, 0.2) is 23.3 Å². The first kappa shape index (κ1) is 20.0. The van der Waals surface area contributed by atoms with E-state index in [2.05, 4.69) is 20.7 Å². The Hall–Kier alpha value is -2.35. The summed E-state index contributed by atoms with van der Waals surface area (Å²) in [6, 6.07) is 2.88. The van der Waals surface area contributed by atoms with Gasteiger partial charge in [0, 0.05) is 12.1 Å². The number of hydrogen-bond donors (Lipinski definition) is 2. The normalized spacial score (nSPS) is 20.2. The fraction of sp³-hybridized carbons (Fsp3) is 0.400. The summed E-state index contributed by atoms with van der Waals surface area (Å²) < 4.78 is 77.5. The topological polar surface area (TPSA) is 40.8 Å². The number of nitrogens with zero attached hydrogens (tertiary/aromatic N) is 2. The van der Waals surface area contributed by atoms with Crippen molar-refractivity contribution in [3.8, 4) is 0 Å². The van der Waals surface area contributed by atoms with E-state index in [1.807, 2.05) is 0 Å². The third-order valence-electron chi connectivity index (χ3n) is 3.92. The first-order chi connectivity index (χ1) is 11.9. The van der Waals surface area contributed by atoms with Crippen molar-refractivity contribution in [2.24, 2.45) is 5.10 Å². The Bertz CT molecular complexity index is 793. The molecule has 1 heterocycles. The number of nitrogens with one attached hydrogen (secondary N) is 2. The van der Waals surface area contributed by atoms with Crippen LogP contribution >= 0.6 is 12.2 Å². The zero-order valence-corrected chi connectivity index (χ0v) is 14.0. The van der Waals surface area contributed by atoms with E-state index in [0.29, 0.717) is 6.07 Å². The molecule has 4 nitrogen and oxygen atoms in total. The molecule has 0 aromatic heterocycles. The van der Waals surface area contributed by atoms with Gasteiger partial charge in [-0.1, -0.05) is 25.2 Å². The molecule has 11 heteroatoms. The van der Waals surface area contributed by atoms with Crippen LogP contribution in [0.3, 0.4) is 0 Å². The van der Waals surface area contributed by atoms with Gasteiger partial charge in [0.25, 0.3) is 0 Å². The summed E-state index contributed by atoms with van der Waals surface area (Å²) in [6.07, 6.45) is -9.78. The maximum atomic E-state index is 13.0. The van der Waals surface area contributed by atoms with Gasteiger partial charge >= 0.3 is 12.4 Å². The van der Waals surface area contributed by atoms with Crippen molar-refractivity contribution in [3.63, 3.8) is 0 Å². The quantitative estimate of drug-likeness (QED) is 0.428. The molecule has 0 bridgehead atoms. The lowest BCUT2D eigenvalue weighted by molar-refractivity contribution is -0.136. The minimum atomic E-state index is -4.75. The average Bonchev–Trinajstić information content (AvgIpc) is 3.00. The smallest absolute Gasteiger partial charge is 0.348 e. The summed E-state index contributed by atoms with van der Waals surface area (Å²) >= 11 is 5.12. The fourth-order valence-corrected chi connectivity index (χ4v) is 2.77. The second kappa shape index (κ2) is 6.75. The summed E-state index contributed by atoms with van der Waals surface area (Å²) in [5, 5.41) is 5.81. The number of thiocarbonyl (C=S) groups is 1. The van der Waals surface area contributed by atoms with Crippen LogP contribution in [0.4, 0.5) is 37.7 Å². The Kier molecular flexibility index (Phi) is 5.19. The molecule has 2 rings (SSSR count). The highest BCUT2D eigenvalue weighted by Crippen LogP contribution is 2.38. The molecule has 0 fully saturated rings. The van der Waals surface area contributed by atoms with E-state index in [9.17, 15) is 26.3 Å². The molecule has 0 spiro atoms. The second-order valence-electron chi connectivity index (χ2n) is 5.58. The van der Waals surface area contributed by atoms with E-state index < -0.39 is 41.3 Å². The zero-order valence-electron chi connectivity index (χ0n) is 13.2. The number of hydrogen-bond acceptors (Lipinski definition) is 3. The molecular formula is C15H12F6N4S. The average molecular weight is 394 g/mol. The van der Waals surface area contributed by atoms with Crippen molar-refractivity contribution in [3.05, 3.63) is 35.2 Å². The van der Waals surface area contributed by atoms with Gasteiger partial charge in [0.15, 0.2) is 5.69 Å². The molecule has 0 saturated carbocycles. The Balaban J connectivity index is 2.26. The third kappa shape index (κ3) is 3.90. The molecule has 26 heavy (non-hydrogen) atoms. The summed E-state index contributed by atoms with van der Waals surface area (Å²) in [5.41, 5.74) is -1.85. The highest BCUT2D eigenvalue weighted by atomic mass is 32.1. The predicted octanol–water partition coefficient (Wildman–Crippen LogP) is 5.06. The molecule has 1 aromatic carbocycles. The van der Waals surface area contributed by atoms with Gasteiger partial charge in [-0.2, -0.15) is 31.4 Å². The first-order valence-electron chi connectivity index (χ1n) is 7.24. The molecule has 1 atom stereocenters. The van der Waals surface area contributed by atoms with Gasteiger partial charge in [-0.05, 0) is 18.6 Å². The van der Waals surface area contributed by atoms with Crippen LogP contribution in [0.25, 0.3) is 4.85 Å². The van der Waals surface area contributed by atoms with Gasteiger partial charge < -0.3 is 5.32 Å². The molecule has 1 aromatic rings. The molecule has 140 valence electrons. The maximum Gasteiger partial charge on any atom is 0.431 e. The van der Waals surface area contributed by atoms with Gasteiger partial charge in [0.2, 0.25) is 0 Å². The lowest BCUT2D eigenvalue weighted by Gasteiger charge is -2.29. The largest absolute Gasteiger partial charge is 0.431 e.